The lowest BCUT2D eigenvalue weighted by atomic mass is 9.90. The predicted octanol–water partition coefficient (Wildman–Crippen LogP) is 4.39. The molecular weight excluding hydrogens is 258 g/mol. The van der Waals surface area contributed by atoms with Crippen LogP contribution in [0.1, 0.15) is 62.2 Å². The molecule has 1 N–H and O–H groups in total. The van der Waals surface area contributed by atoms with Gasteiger partial charge < -0.3 is 10.1 Å². The number of hydrogen-bond donors (Lipinski definition) is 1. The van der Waals surface area contributed by atoms with Crippen LogP contribution in [0.3, 0.4) is 0 Å². The van der Waals surface area contributed by atoms with Gasteiger partial charge in [0.2, 0.25) is 0 Å². The van der Waals surface area contributed by atoms with Gasteiger partial charge in [-0.05, 0) is 44.1 Å². The second-order valence-corrected chi connectivity index (χ2v) is 6.92. The summed E-state index contributed by atoms with van der Waals surface area (Å²) in [4.78, 5) is 0. The molecule has 2 heteroatoms. The molecule has 0 aromatic heterocycles. The van der Waals surface area contributed by atoms with Gasteiger partial charge in [-0.25, -0.2) is 0 Å². The zero-order valence-electron chi connectivity index (χ0n) is 13.3. The van der Waals surface area contributed by atoms with Gasteiger partial charge >= 0.3 is 0 Å². The predicted molar refractivity (Wildman–Crippen MR) is 87.5 cm³/mol. The monoisotopic (exact) mass is 287 g/mol. The van der Waals surface area contributed by atoms with Crippen molar-refractivity contribution in [3.63, 3.8) is 0 Å². The maximum atomic E-state index is 6.34. The van der Waals surface area contributed by atoms with Gasteiger partial charge in [0, 0.05) is 12.6 Å². The molecule has 0 radical (unpaired) electrons. The van der Waals surface area contributed by atoms with E-state index < -0.39 is 0 Å². The molecule has 0 heterocycles. The third-order valence-corrected chi connectivity index (χ3v) is 4.84. The highest BCUT2D eigenvalue weighted by Gasteiger charge is 2.23. The molecule has 0 aliphatic heterocycles. The van der Waals surface area contributed by atoms with Gasteiger partial charge in [0.25, 0.3) is 0 Å². The fourth-order valence-corrected chi connectivity index (χ4v) is 3.31. The SMILES string of the molecule is Cc1cccc(C(CNC2CC2)OCC2CCCCC2)c1. The average Bonchev–Trinajstić information content (AvgIpc) is 3.32. The Kier molecular flexibility index (Phi) is 5.32. The minimum absolute atomic E-state index is 0.215. The van der Waals surface area contributed by atoms with E-state index in [0.717, 1.165) is 25.1 Å². The minimum atomic E-state index is 0.215. The molecule has 0 spiro atoms. The van der Waals surface area contributed by atoms with Crippen molar-refractivity contribution in [2.45, 2.75) is 64.0 Å². The Hall–Kier alpha value is -0.860. The van der Waals surface area contributed by atoms with Crippen LogP contribution in [0.15, 0.2) is 24.3 Å². The van der Waals surface area contributed by atoms with Crippen molar-refractivity contribution in [2.75, 3.05) is 13.2 Å². The second kappa shape index (κ2) is 7.42. The average molecular weight is 287 g/mol. The Morgan fingerprint density at radius 3 is 2.67 bits per heavy atom. The third-order valence-electron chi connectivity index (χ3n) is 4.84. The lowest BCUT2D eigenvalue weighted by Crippen LogP contribution is -2.27. The fraction of sp³-hybridized carbons (Fsp3) is 0.684. The van der Waals surface area contributed by atoms with E-state index in [1.165, 1.54) is 56.1 Å². The van der Waals surface area contributed by atoms with Gasteiger partial charge in [-0.3, -0.25) is 0 Å². The van der Waals surface area contributed by atoms with E-state index in [-0.39, 0.29) is 6.10 Å². The number of benzene rings is 1. The highest BCUT2D eigenvalue weighted by atomic mass is 16.5. The molecule has 1 aromatic carbocycles. The molecule has 2 nitrogen and oxygen atoms in total. The molecule has 3 rings (SSSR count). The molecule has 116 valence electrons. The van der Waals surface area contributed by atoms with E-state index >= 15 is 0 Å². The maximum absolute atomic E-state index is 6.34. The van der Waals surface area contributed by atoms with E-state index in [1.807, 2.05) is 0 Å². The summed E-state index contributed by atoms with van der Waals surface area (Å²) in [6, 6.07) is 9.55. The van der Waals surface area contributed by atoms with Crippen LogP contribution >= 0.6 is 0 Å². The summed E-state index contributed by atoms with van der Waals surface area (Å²) in [5, 5.41) is 3.64. The quantitative estimate of drug-likeness (QED) is 0.803. The van der Waals surface area contributed by atoms with Gasteiger partial charge in [0.1, 0.15) is 0 Å². The Bertz CT molecular complexity index is 435. The topological polar surface area (TPSA) is 21.3 Å². The van der Waals surface area contributed by atoms with Crippen molar-refractivity contribution < 1.29 is 4.74 Å². The number of hydrogen-bond acceptors (Lipinski definition) is 2. The number of nitrogens with one attached hydrogen (secondary N) is 1. The molecule has 0 amide bonds. The lowest BCUT2D eigenvalue weighted by molar-refractivity contribution is 0.0197. The molecule has 2 aliphatic carbocycles. The Morgan fingerprint density at radius 1 is 1.14 bits per heavy atom. The lowest BCUT2D eigenvalue weighted by Gasteiger charge is -2.25. The van der Waals surface area contributed by atoms with E-state index in [2.05, 4.69) is 36.5 Å². The van der Waals surface area contributed by atoms with Crippen molar-refractivity contribution in [1.29, 1.82) is 0 Å². The van der Waals surface area contributed by atoms with Gasteiger partial charge in [0.15, 0.2) is 0 Å². The zero-order chi connectivity index (χ0) is 14.5. The normalized spacial score (nSPS) is 21.4. The van der Waals surface area contributed by atoms with Crippen molar-refractivity contribution in [1.82, 2.24) is 5.32 Å². The number of rotatable bonds is 7. The van der Waals surface area contributed by atoms with Crippen LogP contribution in [0.25, 0.3) is 0 Å². The van der Waals surface area contributed by atoms with Crippen LogP contribution in [-0.4, -0.2) is 19.2 Å². The standard InChI is InChI=1S/C19H29NO/c1-15-6-5-9-17(12-15)19(13-20-18-10-11-18)21-14-16-7-3-2-4-8-16/h5-6,9,12,16,18-20H,2-4,7-8,10-11,13-14H2,1H3. The first-order chi connectivity index (χ1) is 10.3. The molecule has 2 fully saturated rings. The molecule has 1 unspecified atom stereocenters. The molecular formula is C19H29NO. The largest absolute Gasteiger partial charge is 0.372 e. The maximum Gasteiger partial charge on any atom is 0.0949 e. The first-order valence-electron chi connectivity index (χ1n) is 8.73. The van der Waals surface area contributed by atoms with Gasteiger partial charge in [0.05, 0.1) is 12.7 Å². The Balaban J connectivity index is 1.57. The van der Waals surface area contributed by atoms with Crippen molar-refractivity contribution in [3.8, 4) is 0 Å². The van der Waals surface area contributed by atoms with E-state index in [9.17, 15) is 0 Å². The second-order valence-electron chi connectivity index (χ2n) is 6.92. The van der Waals surface area contributed by atoms with Gasteiger partial charge in [-0.15, -0.1) is 0 Å². The summed E-state index contributed by atoms with van der Waals surface area (Å²) in [5.74, 6) is 0.784. The minimum Gasteiger partial charge on any atom is -0.372 e. The summed E-state index contributed by atoms with van der Waals surface area (Å²) < 4.78 is 6.34. The Labute approximate surface area is 129 Å². The van der Waals surface area contributed by atoms with Crippen molar-refractivity contribution >= 4 is 0 Å². The summed E-state index contributed by atoms with van der Waals surface area (Å²) in [6.07, 6.45) is 9.81. The number of ether oxygens (including phenoxy) is 1. The van der Waals surface area contributed by atoms with Crippen LogP contribution in [0.2, 0.25) is 0 Å². The smallest absolute Gasteiger partial charge is 0.0949 e. The van der Waals surface area contributed by atoms with Crippen LogP contribution in [0.4, 0.5) is 0 Å². The Morgan fingerprint density at radius 2 is 1.95 bits per heavy atom. The molecule has 0 bridgehead atoms. The summed E-state index contributed by atoms with van der Waals surface area (Å²) in [5.41, 5.74) is 2.66. The molecule has 2 saturated carbocycles. The molecule has 1 atom stereocenters. The van der Waals surface area contributed by atoms with Crippen molar-refractivity contribution in [2.24, 2.45) is 5.92 Å². The van der Waals surface area contributed by atoms with Crippen LogP contribution < -0.4 is 5.32 Å². The van der Waals surface area contributed by atoms with Crippen LogP contribution in [-0.2, 0) is 4.74 Å². The van der Waals surface area contributed by atoms with Gasteiger partial charge in [-0.2, -0.15) is 0 Å². The zero-order valence-corrected chi connectivity index (χ0v) is 13.3. The molecule has 1 aromatic rings. The van der Waals surface area contributed by atoms with E-state index in [0.29, 0.717) is 0 Å². The van der Waals surface area contributed by atoms with E-state index in [4.69, 9.17) is 4.74 Å². The summed E-state index contributed by atoms with van der Waals surface area (Å²) in [7, 11) is 0. The van der Waals surface area contributed by atoms with Gasteiger partial charge in [-0.1, -0.05) is 49.1 Å². The highest BCUT2D eigenvalue weighted by molar-refractivity contribution is 5.24. The van der Waals surface area contributed by atoms with E-state index in [1.54, 1.807) is 0 Å². The fourth-order valence-electron chi connectivity index (χ4n) is 3.31. The van der Waals surface area contributed by atoms with Crippen molar-refractivity contribution in [3.05, 3.63) is 35.4 Å². The molecule has 0 saturated heterocycles. The molecule has 21 heavy (non-hydrogen) atoms. The van der Waals surface area contributed by atoms with Crippen LogP contribution in [0, 0.1) is 12.8 Å². The summed E-state index contributed by atoms with van der Waals surface area (Å²) >= 11 is 0. The first kappa shape index (κ1) is 15.1. The van der Waals surface area contributed by atoms with Crippen LogP contribution in [0.5, 0.6) is 0 Å². The summed E-state index contributed by atoms with van der Waals surface area (Å²) in [6.45, 7) is 4.06. The molecule has 2 aliphatic rings. The third kappa shape index (κ3) is 4.82. The highest BCUT2D eigenvalue weighted by Crippen LogP contribution is 2.27. The first-order valence-corrected chi connectivity index (χ1v) is 8.73. The number of aryl methyl sites for hydroxylation is 1.